The Kier molecular flexibility index (Phi) is 2.40. The van der Waals surface area contributed by atoms with Gasteiger partial charge >= 0.3 is 0 Å². The molecule has 0 radical (unpaired) electrons. The fourth-order valence-corrected chi connectivity index (χ4v) is 2.77. The Bertz CT molecular complexity index is 355. The molecule has 0 bridgehead atoms. The normalized spacial score (nSPS) is 22.1. The van der Waals surface area contributed by atoms with Gasteiger partial charge in [-0.2, -0.15) is 11.8 Å². The summed E-state index contributed by atoms with van der Waals surface area (Å²) in [6.07, 6.45) is 2.37. The second kappa shape index (κ2) is 3.54. The molecular weight excluding hydrogens is 184 g/mol. The van der Waals surface area contributed by atoms with Gasteiger partial charge in [-0.15, -0.1) is 0 Å². The van der Waals surface area contributed by atoms with Crippen LogP contribution >= 0.6 is 11.8 Å². The molecule has 1 aromatic rings. The van der Waals surface area contributed by atoms with Crippen LogP contribution in [0.2, 0.25) is 0 Å². The van der Waals surface area contributed by atoms with Crippen LogP contribution in [0.3, 0.4) is 0 Å². The quantitative estimate of drug-likeness (QED) is 0.742. The van der Waals surface area contributed by atoms with Crippen LogP contribution in [0.4, 0.5) is 0 Å². The van der Waals surface area contributed by atoms with E-state index in [1.54, 1.807) is 0 Å². The number of aromatic nitrogens is 2. The predicted molar refractivity (Wildman–Crippen MR) is 54.0 cm³/mol. The van der Waals surface area contributed by atoms with Crippen LogP contribution in [0.5, 0.6) is 0 Å². The molecule has 1 N–H and O–H groups in total. The molecule has 1 aromatic heterocycles. The van der Waals surface area contributed by atoms with E-state index in [1.165, 1.54) is 18.2 Å². The summed E-state index contributed by atoms with van der Waals surface area (Å²) in [7, 11) is 0. The zero-order valence-electron chi connectivity index (χ0n) is 7.54. The predicted octanol–water partition coefficient (Wildman–Crippen LogP) is 1.65. The zero-order chi connectivity index (χ0) is 9.26. The van der Waals surface area contributed by atoms with Gasteiger partial charge in [0.25, 0.3) is 5.56 Å². The summed E-state index contributed by atoms with van der Waals surface area (Å²) in [4.78, 5) is 18.3. The number of rotatable bonds is 1. The molecule has 3 nitrogen and oxygen atoms in total. The fourth-order valence-electron chi connectivity index (χ4n) is 1.55. The van der Waals surface area contributed by atoms with Crippen LogP contribution in [0.25, 0.3) is 0 Å². The van der Waals surface area contributed by atoms with Gasteiger partial charge in [-0.25, -0.2) is 4.98 Å². The standard InChI is InChI=1S/C9H12N2OS/c1-6-5-8(12)11-9(10-6)7-3-2-4-13-7/h5,7H,2-4H2,1H3,(H,10,11,12). The molecule has 13 heavy (non-hydrogen) atoms. The molecule has 1 aliphatic heterocycles. The minimum Gasteiger partial charge on any atom is -0.310 e. The van der Waals surface area contributed by atoms with Crippen molar-refractivity contribution >= 4 is 11.8 Å². The van der Waals surface area contributed by atoms with E-state index in [0.29, 0.717) is 5.25 Å². The summed E-state index contributed by atoms with van der Waals surface area (Å²) in [5.74, 6) is 2.04. The number of aromatic amines is 1. The third-order valence-corrected chi connectivity index (χ3v) is 3.51. The number of hydrogen-bond acceptors (Lipinski definition) is 3. The van der Waals surface area contributed by atoms with Crippen molar-refractivity contribution < 1.29 is 0 Å². The molecule has 0 saturated carbocycles. The smallest absolute Gasteiger partial charge is 0.251 e. The van der Waals surface area contributed by atoms with Gasteiger partial charge in [-0.3, -0.25) is 4.79 Å². The number of thioether (sulfide) groups is 1. The first-order chi connectivity index (χ1) is 6.25. The largest absolute Gasteiger partial charge is 0.310 e. The Hall–Kier alpha value is -0.770. The monoisotopic (exact) mass is 196 g/mol. The Balaban J connectivity index is 2.33. The summed E-state index contributed by atoms with van der Waals surface area (Å²) in [6.45, 7) is 1.86. The van der Waals surface area contributed by atoms with Crippen LogP contribution in [0.1, 0.15) is 29.6 Å². The second-order valence-corrected chi connectivity index (χ2v) is 4.58. The van der Waals surface area contributed by atoms with Gasteiger partial charge in [-0.1, -0.05) is 0 Å². The molecule has 2 heterocycles. The third-order valence-electron chi connectivity index (χ3n) is 2.12. The van der Waals surface area contributed by atoms with Gasteiger partial charge in [0.2, 0.25) is 0 Å². The van der Waals surface area contributed by atoms with Crippen molar-refractivity contribution in [2.45, 2.75) is 25.0 Å². The highest BCUT2D eigenvalue weighted by Crippen LogP contribution is 2.37. The van der Waals surface area contributed by atoms with Crippen molar-refractivity contribution in [1.82, 2.24) is 9.97 Å². The maximum absolute atomic E-state index is 11.2. The van der Waals surface area contributed by atoms with Gasteiger partial charge < -0.3 is 4.98 Å². The second-order valence-electron chi connectivity index (χ2n) is 3.27. The van der Waals surface area contributed by atoms with Crippen molar-refractivity contribution in [3.05, 3.63) is 27.9 Å². The molecule has 0 aliphatic carbocycles. The number of nitrogens with one attached hydrogen (secondary N) is 1. The number of aryl methyl sites for hydroxylation is 1. The zero-order valence-corrected chi connectivity index (χ0v) is 8.36. The van der Waals surface area contributed by atoms with Gasteiger partial charge in [0.15, 0.2) is 0 Å². The van der Waals surface area contributed by atoms with E-state index in [9.17, 15) is 4.79 Å². The van der Waals surface area contributed by atoms with Crippen LogP contribution in [0.15, 0.2) is 10.9 Å². The summed E-state index contributed by atoms with van der Waals surface area (Å²) in [6, 6.07) is 1.53. The van der Waals surface area contributed by atoms with Crippen molar-refractivity contribution in [3.63, 3.8) is 0 Å². The van der Waals surface area contributed by atoms with Crippen molar-refractivity contribution in [1.29, 1.82) is 0 Å². The van der Waals surface area contributed by atoms with Crippen molar-refractivity contribution in [2.75, 3.05) is 5.75 Å². The molecule has 1 atom stereocenters. The molecule has 0 amide bonds. The summed E-state index contributed by atoms with van der Waals surface area (Å²) < 4.78 is 0. The van der Waals surface area contributed by atoms with Crippen molar-refractivity contribution in [2.24, 2.45) is 0 Å². The molecule has 0 aromatic carbocycles. The third kappa shape index (κ3) is 1.94. The molecular formula is C9H12N2OS. The minimum absolute atomic E-state index is 0.0324. The molecule has 0 spiro atoms. The number of hydrogen-bond donors (Lipinski definition) is 1. The Labute approximate surface area is 81.0 Å². The van der Waals surface area contributed by atoms with Crippen LogP contribution in [-0.2, 0) is 0 Å². The summed E-state index contributed by atoms with van der Waals surface area (Å²) in [5.41, 5.74) is 0.779. The number of H-pyrrole nitrogens is 1. The molecule has 4 heteroatoms. The molecule has 1 fully saturated rings. The topological polar surface area (TPSA) is 45.8 Å². The maximum atomic E-state index is 11.2. The first-order valence-electron chi connectivity index (χ1n) is 4.45. The number of nitrogens with zero attached hydrogens (tertiary/aromatic N) is 1. The molecule has 1 aliphatic rings. The van der Waals surface area contributed by atoms with E-state index in [0.717, 1.165) is 17.9 Å². The lowest BCUT2D eigenvalue weighted by atomic mass is 10.2. The minimum atomic E-state index is -0.0324. The Morgan fingerprint density at radius 2 is 2.54 bits per heavy atom. The first-order valence-corrected chi connectivity index (χ1v) is 5.50. The van der Waals surface area contributed by atoms with E-state index in [2.05, 4.69) is 9.97 Å². The van der Waals surface area contributed by atoms with Crippen LogP contribution in [0, 0.1) is 6.92 Å². The average molecular weight is 196 g/mol. The molecule has 70 valence electrons. The van der Waals surface area contributed by atoms with E-state index in [1.807, 2.05) is 18.7 Å². The Morgan fingerprint density at radius 1 is 1.69 bits per heavy atom. The maximum Gasteiger partial charge on any atom is 0.251 e. The summed E-state index contributed by atoms with van der Waals surface area (Å²) in [5, 5.41) is 0.410. The lowest BCUT2D eigenvalue weighted by Gasteiger charge is -2.07. The van der Waals surface area contributed by atoms with Gasteiger partial charge in [0.05, 0.1) is 5.25 Å². The highest BCUT2D eigenvalue weighted by molar-refractivity contribution is 7.99. The lowest BCUT2D eigenvalue weighted by Crippen LogP contribution is -2.12. The Morgan fingerprint density at radius 3 is 3.15 bits per heavy atom. The molecule has 1 saturated heterocycles. The SMILES string of the molecule is Cc1cc(=O)[nH]c(C2CCCS2)n1. The highest BCUT2D eigenvalue weighted by Gasteiger charge is 2.19. The van der Waals surface area contributed by atoms with Gasteiger partial charge in [0.1, 0.15) is 5.82 Å². The lowest BCUT2D eigenvalue weighted by molar-refractivity contribution is 0.765. The van der Waals surface area contributed by atoms with E-state index < -0.39 is 0 Å². The van der Waals surface area contributed by atoms with Crippen LogP contribution < -0.4 is 5.56 Å². The molecule has 1 unspecified atom stereocenters. The average Bonchev–Trinajstić information content (AvgIpc) is 2.53. The fraction of sp³-hybridized carbons (Fsp3) is 0.556. The molecule has 2 rings (SSSR count). The summed E-state index contributed by atoms with van der Waals surface area (Å²) >= 11 is 1.88. The van der Waals surface area contributed by atoms with Gasteiger partial charge in [-0.05, 0) is 25.5 Å². The van der Waals surface area contributed by atoms with E-state index >= 15 is 0 Å². The van der Waals surface area contributed by atoms with E-state index in [4.69, 9.17) is 0 Å². The van der Waals surface area contributed by atoms with Crippen molar-refractivity contribution in [3.8, 4) is 0 Å². The first kappa shape index (κ1) is 8.81. The highest BCUT2D eigenvalue weighted by atomic mass is 32.2. The van der Waals surface area contributed by atoms with Crippen LogP contribution in [-0.4, -0.2) is 15.7 Å². The van der Waals surface area contributed by atoms with E-state index in [-0.39, 0.29) is 5.56 Å². The van der Waals surface area contributed by atoms with Gasteiger partial charge in [0, 0.05) is 11.8 Å².